The first-order chi connectivity index (χ1) is 11.7. The Labute approximate surface area is 140 Å². The molecule has 3 rings (SSSR count). The number of aromatic amines is 1. The number of rotatable bonds is 7. The Morgan fingerprint density at radius 3 is 2.67 bits per heavy atom. The fraction of sp³-hybridized carbons (Fsp3) is 0.353. The molecule has 126 valence electrons. The third-order valence-electron chi connectivity index (χ3n) is 3.82. The molecular formula is C17H22N6O. The van der Waals surface area contributed by atoms with Crippen LogP contribution in [-0.2, 0) is 6.54 Å². The van der Waals surface area contributed by atoms with Crippen molar-refractivity contribution in [3.8, 4) is 0 Å². The van der Waals surface area contributed by atoms with E-state index in [0.717, 1.165) is 23.3 Å². The maximum Gasteiger partial charge on any atom is 0.227 e. The van der Waals surface area contributed by atoms with Crippen LogP contribution in [0.3, 0.4) is 0 Å². The summed E-state index contributed by atoms with van der Waals surface area (Å²) in [6.07, 6.45) is 0.782. The van der Waals surface area contributed by atoms with Gasteiger partial charge in [0.2, 0.25) is 5.95 Å². The zero-order valence-corrected chi connectivity index (χ0v) is 13.9. The van der Waals surface area contributed by atoms with E-state index in [1.54, 1.807) is 0 Å². The normalized spacial score (nSPS) is 12.3. The molecule has 1 aromatic carbocycles. The SMILES string of the molecule is CCC(CO)Nc1nc(NCc2ccccc2)c2[nH]c(C)nc2n1. The maximum absolute atomic E-state index is 9.37. The summed E-state index contributed by atoms with van der Waals surface area (Å²) in [7, 11) is 0. The van der Waals surface area contributed by atoms with Crippen LogP contribution >= 0.6 is 0 Å². The fourth-order valence-electron chi connectivity index (χ4n) is 2.45. The minimum absolute atomic E-state index is 0.0320. The highest BCUT2D eigenvalue weighted by Crippen LogP contribution is 2.21. The number of hydrogen-bond donors (Lipinski definition) is 4. The maximum atomic E-state index is 9.37. The molecule has 0 aliphatic rings. The predicted molar refractivity (Wildman–Crippen MR) is 95.0 cm³/mol. The molecule has 2 heterocycles. The molecule has 2 aromatic heterocycles. The molecular weight excluding hydrogens is 304 g/mol. The summed E-state index contributed by atoms with van der Waals surface area (Å²) < 4.78 is 0. The monoisotopic (exact) mass is 326 g/mol. The van der Waals surface area contributed by atoms with Crippen LogP contribution in [-0.4, -0.2) is 37.7 Å². The Balaban J connectivity index is 1.89. The van der Waals surface area contributed by atoms with E-state index in [-0.39, 0.29) is 12.6 Å². The molecule has 1 atom stereocenters. The first kappa shape index (κ1) is 16.2. The van der Waals surface area contributed by atoms with E-state index in [4.69, 9.17) is 0 Å². The number of anilines is 2. The number of nitrogens with one attached hydrogen (secondary N) is 3. The van der Waals surface area contributed by atoms with Crippen molar-refractivity contribution >= 4 is 22.9 Å². The number of aliphatic hydroxyl groups is 1. The van der Waals surface area contributed by atoms with Crippen molar-refractivity contribution < 1.29 is 5.11 Å². The average Bonchev–Trinajstić information content (AvgIpc) is 2.98. The average molecular weight is 326 g/mol. The molecule has 0 saturated carbocycles. The van der Waals surface area contributed by atoms with E-state index in [0.29, 0.717) is 24.0 Å². The molecule has 0 spiro atoms. The number of imidazole rings is 1. The van der Waals surface area contributed by atoms with Gasteiger partial charge in [0.15, 0.2) is 11.5 Å². The second-order valence-corrected chi connectivity index (χ2v) is 5.69. The van der Waals surface area contributed by atoms with E-state index in [9.17, 15) is 5.11 Å². The van der Waals surface area contributed by atoms with E-state index in [2.05, 4.69) is 42.7 Å². The molecule has 4 N–H and O–H groups in total. The Hall–Kier alpha value is -2.67. The quantitative estimate of drug-likeness (QED) is 0.532. The first-order valence-corrected chi connectivity index (χ1v) is 8.09. The van der Waals surface area contributed by atoms with Gasteiger partial charge in [-0.05, 0) is 18.9 Å². The highest BCUT2D eigenvalue weighted by Gasteiger charge is 2.13. The van der Waals surface area contributed by atoms with Gasteiger partial charge in [-0.15, -0.1) is 0 Å². The fourth-order valence-corrected chi connectivity index (χ4v) is 2.45. The highest BCUT2D eigenvalue weighted by molar-refractivity contribution is 5.84. The van der Waals surface area contributed by atoms with Gasteiger partial charge in [0.25, 0.3) is 0 Å². The second kappa shape index (κ2) is 7.27. The van der Waals surface area contributed by atoms with Gasteiger partial charge in [-0.3, -0.25) is 0 Å². The van der Waals surface area contributed by atoms with Crippen LogP contribution in [0.2, 0.25) is 0 Å². The third-order valence-corrected chi connectivity index (χ3v) is 3.82. The first-order valence-electron chi connectivity index (χ1n) is 8.09. The Morgan fingerprint density at radius 2 is 1.96 bits per heavy atom. The van der Waals surface area contributed by atoms with Crippen molar-refractivity contribution in [2.24, 2.45) is 0 Å². The van der Waals surface area contributed by atoms with Crippen LogP contribution in [0.15, 0.2) is 30.3 Å². The second-order valence-electron chi connectivity index (χ2n) is 5.69. The van der Waals surface area contributed by atoms with Gasteiger partial charge in [0, 0.05) is 6.54 Å². The van der Waals surface area contributed by atoms with Crippen molar-refractivity contribution in [1.82, 2.24) is 19.9 Å². The summed E-state index contributed by atoms with van der Waals surface area (Å²) in [5.74, 6) is 1.94. The van der Waals surface area contributed by atoms with Gasteiger partial charge in [0.1, 0.15) is 11.3 Å². The molecule has 24 heavy (non-hydrogen) atoms. The van der Waals surface area contributed by atoms with Gasteiger partial charge in [-0.25, -0.2) is 4.98 Å². The number of benzene rings is 1. The number of aliphatic hydroxyl groups excluding tert-OH is 1. The largest absolute Gasteiger partial charge is 0.394 e. The number of H-pyrrole nitrogens is 1. The molecule has 1 unspecified atom stereocenters. The summed E-state index contributed by atoms with van der Waals surface area (Å²) in [5.41, 5.74) is 2.55. The Kier molecular flexibility index (Phi) is 4.90. The Morgan fingerprint density at radius 1 is 1.17 bits per heavy atom. The molecule has 0 radical (unpaired) electrons. The minimum atomic E-state index is -0.0792. The van der Waals surface area contributed by atoms with Crippen molar-refractivity contribution in [2.45, 2.75) is 32.9 Å². The Bertz CT molecular complexity index is 797. The predicted octanol–water partition coefficient (Wildman–Crippen LogP) is 2.46. The zero-order chi connectivity index (χ0) is 16.9. The highest BCUT2D eigenvalue weighted by atomic mass is 16.3. The van der Waals surface area contributed by atoms with Crippen LogP contribution in [0.25, 0.3) is 11.2 Å². The minimum Gasteiger partial charge on any atom is -0.394 e. The summed E-state index contributed by atoms with van der Waals surface area (Å²) in [5, 5.41) is 15.9. The number of nitrogens with zero attached hydrogens (tertiary/aromatic N) is 3. The topological polar surface area (TPSA) is 98.8 Å². The lowest BCUT2D eigenvalue weighted by Crippen LogP contribution is -2.24. The molecule has 0 aliphatic heterocycles. The molecule has 0 amide bonds. The molecule has 7 nitrogen and oxygen atoms in total. The lowest BCUT2D eigenvalue weighted by atomic mass is 10.2. The summed E-state index contributed by atoms with van der Waals surface area (Å²) >= 11 is 0. The smallest absolute Gasteiger partial charge is 0.227 e. The van der Waals surface area contributed by atoms with Gasteiger partial charge in [-0.2, -0.15) is 9.97 Å². The summed E-state index contributed by atoms with van der Waals surface area (Å²) in [6.45, 7) is 4.57. The molecule has 3 aromatic rings. The van der Waals surface area contributed by atoms with Crippen LogP contribution in [0.4, 0.5) is 11.8 Å². The molecule has 7 heteroatoms. The number of fused-ring (bicyclic) bond motifs is 1. The zero-order valence-electron chi connectivity index (χ0n) is 13.9. The van der Waals surface area contributed by atoms with E-state index in [1.165, 1.54) is 0 Å². The van der Waals surface area contributed by atoms with Gasteiger partial charge in [-0.1, -0.05) is 37.3 Å². The molecule has 0 saturated heterocycles. The molecule has 0 bridgehead atoms. The lowest BCUT2D eigenvalue weighted by molar-refractivity contribution is 0.271. The third kappa shape index (κ3) is 3.62. The van der Waals surface area contributed by atoms with E-state index < -0.39 is 0 Å². The van der Waals surface area contributed by atoms with Crippen molar-refractivity contribution in [1.29, 1.82) is 0 Å². The van der Waals surface area contributed by atoms with Crippen molar-refractivity contribution in [3.63, 3.8) is 0 Å². The van der Waals surface area contributed by atoms with Crippen molar-refractivity contribution in [3.05, 3.63) is 41.7 Å². The van der Waals surface area contributed by atoms with E-state index >= 15 is 0 Å². The van der Waals surface area contributed by atoms with Gasteiger partial charge < -0.3 is 20.7 Å². The van der Waals surface area contributed by atoms with Crippen molar-refractivity contribution in [2.75, 3.05) is 17.2 Å². The number of aryl methyl sites for hydroxylation is 1. The lowest BCUT2D eigenvalue weighted by Gasteiger charge is -2.15. The number of hydrogen-bond acceptors (Lipinski definition) is 6. The van der Waals surface area contributed by atoms with Gasteiger partial charge in [0.05, 0.1) is 12.6 Å². The van der Waals surface area contributed by atoms with E-state index in [1.807, 2.05) is 32.0 Å². The van der Waals surface area contributed by atoms with Crippen LogP contribution in [0, 0.1) is 6.92 Å². The van der Waals surface area contributed by atoms with Crippen LogP contribution in [0.1, 0.15) is 24.7 Å². The number of aromatic nitrogens is 4. The molecule has 0 fully saturated rings. The summed E-state index contributed by atoms with van der Waals surface area (Å²) in [4.78, 5) is 16.6. The summed E-state index contributed by atoms with van der Waals surface area (Å²) in [6, 6.07) is 10.0. The van der Waals surface area contributed by atoms with Crippen LogP contribution < -0.4 is 10.6 Å². The molecule has 0 aliphatic carbocycles. The standard InChI is InChI=1S/C17H22N6O/c1-3-13(10-24)21-17-22-15(14-16(23-17)20-11(2)19-14)18-9-12-7-5-4-6-8-12/h4-8,13,24H,3,9-10H2,1-2H3,(H3,18,19,20,21,22,23). The van der Waals surface area contributed by atoms with Gasteiger partial charge >= 0.3 is 0 Å². The van der Waals surface area contributed by atoms with Crippen LogP contribution in [0.5, 0.6) is 0 Å².